The zero-order chi connectivity index (χ0) is 15.3. The molecule has 6 heteroatoms. The molecule has 2 heterocycles. The number of fused-ring (bicyclic) bond motifs is 1. The van der Waals surface area contributed by atoms with Gasteiger partial charge in [0.25, 0.3) is 0 Å². The Morgan fingerprint density at radius 1 is 1.27 bits per heavy atom. The van der Waals surface area contributed by atoms with Crippen molar-refractivity contribution >= 4 is 23.2 Å². The summed E-state index contributed by atoms with van der Waals surface area (Å²) in [6, 6.07) is 6.12. The van der Waals surface area contributed by atoms with Gasteiger partial charge in [0, 0.05) is 17.6 Å². The predicted octanol–water partition coefficient (Wildman–Crippen LogP) is 4.59. The molecule has 1 aromatic carbocycles. The van der Waals surface area contributed by atoms with E-state index in [0.717, 1.165) is 18.0 Å². The number of nitrogens with zero attached hydrogens (tertiary/aromatic N) is 3. The van der Waals surface area contributed by atoms with Gasteiger partial charge in [0.15, 0.2) is 0 Å². The fourth-order valence-corrected chi connectivity index (χ4v) is 4.19. The Morgan fingerprint density at radius 3 is 2.91 bits per heavy atom. The smallest absolute Gasteiger partial charge is 0.249 e. The van der Waals surface area contributed by atoms with E-state index in [1.807, 2.05) is 6.07 Å². The maximum atomic E-state index is 6.20. The summed E-state index contributed by atoms with van der Waals surface area (Å²) in [5.74, 6) is 1.98. The molecule has 1 aliphatic carbocycles. The van der Waals surface area contributed by atoms with Gasteiger partial charge in [-0.2, -0.15) is 0 Å². The Bertz CT molecular complexity index is 702. The van der Waals surface area contributed by atoms with Gasteiger partial charge in [-0.25, -0.2) is 0 Å². The Hall–Kier alpha value is -1.10. The van der Waals surface area contributed by atoms with Gasteiger partial charge in [-0.1, -0.05) is 29.6 Å². The van der Waals surface area contributed by atoms with Crippen molar-refractivity contribution in [3.8, 4) is 11.5 Å². The highest BCUT2D eigenvalue weighted by atomic mass is 35.5. The molecular formula is C16H17Cl2N3O. The molecule has 116 valence electrons. The largest absolute Gasteiger partial charge is 0.419 e. The third-order valence-corrected chi connectivity index (χ3v) is 5.50. The Labute approximate surface area is 139 Å². The van der Waals surface area contributed by atoms with Crippen molar-refractivity contribution in [2.24, 2.45) is 5.92 Å². The first-order chi connectivity index (χ1) is 10.6. The van der Waals surface area contributed by atoms with Crippen LogP contribution in [0, 0.1) is 5.92 Å². The zero-order valence-electron chi connectivity index (χ0n) is 12.3. The molecule has 1 saturated heterocycles. The highest BCUT2D eigenvalue weighted by molar-refractivity contribution is 6.36. The second-order valence-corrected chi connectivity index (χ2v) is 7.04. The van der Waals surface area contributed by atoms with Crippen molar-refractivity contribution < 1.29 is 4.42 Å². The first-order valence-corrected chi connectivity index (χ1v) is 8.43. The monoisotopic (exact) mass is 337 g/mol. The summed E-state index contributed by atoms with van der Waals surface area (Å²) in [5.41, 5.74) is 0.722. The Balaban J connectivity index is 1.56. The van der Waals surface area contributed by atoms with E-state index in [4.69, 9.17) is 27.6 Å². The molecule has 22 heavy (non-hydrogen) atoms. The van der Waals surface area contributed by atoms with Crippen molar-refractivity contribution in [2.45, 2.75) is 38.3 Å². The first-order valence-electron chi connectivity index (χ1n) is 7.68. The molecule has 2 aromatic rings. The van der Waals surface area contributed by atoms with Crippen LogP contribution in [-0.4, -0.2) is 27.7 Å². The highest BCUT2D eigenvalue weighted by Gasteiger charge is 2.45. The highest BCUT2D eigenvalue weighted by Crippen LogP contribution is 2.43. The second-order valence-electron chi connectivity index (χ2n) is 6.20. The summed E-state index contributed by atoms with van der Waals surface area (Å²) in [6.45, 7) is 3.28. The summed E-state index contributed by atoms with van der Waals surface area (Å²) >= 11 is 12.1. The van der Waals surface area contributed by atoms with Gasteiger partial charge >= 0.3 is 0 Å². The topological polar surface area (TPSA) is 42.2 Å². The molecule has 3 atom stereocenters. The summed E-state index contributed by atoms with van der Waals surface area (Å²) in [6.07, 6.45) is 4.00. The first kappa shape index (κ1) is 14.5. The van der Waals surface area contributed by atoms with E-state index in [9.17, 15) is 0 Å². The van der Waals surface area contributed by atoms with Crippen LogP contribution >= 0.6 is 23.2 Å². The SMILES string of the molecule is CC(c1nnc(-c2ccc(Cl)cc2Cl)o1)N1CC2CCCC21. The van der Waals surface area contributed by atoms with Crippen LogP contribution < -0.4 is 0 Å². The summed E-state index contributed by atoms with van der Waals surface area (Å²) in [4.78, 5) is 2.47. The summed E-state index contributed by atoms with van der Waals surface area (Å²) < 4.78 is 5.87. The lowest BCUT2D eigenvalue weighted by atomic mass is 9.90. The number of rotatable bonds is 3. The summed E-state index contributed by atoms with van der Waals surface area (Å²) in [7, 11) is 0. The van der Waals surface area contributed by atoms with Gasteiger partial charge in [0.2, 0.25) is 11.8 Å². The third-order valence-electron chi connectivity index (χ3n) is 4.95. The number of hydrogen-bond acceptors (Lipinski definition) is 4. The molecule has 3 unspecified atom stereocenters. The molecule has 4 nitrogen and oxygen atoms in total. The minimum absolute atomic E-state index is 0.159. The minimum Gasteiger partial charge on any atom is -0.419 e. The van der Waals surface area contributed by atoms with Crippen LogP contribution in [0.1, 0.15) is 38.1 Å². The average Bonchev–Trinajstić information content (AvgIpc) is 3.07. The molecule has 1 aliphatic heterocycles. The number of likely N-dealkylation sites (tertiary alicyclic amines) is 1. The van der Waals surface area contributed by atoms with Crippen LogP contribution in [0.3, 0.4) is 0 Å². The zero-order valence-corrected chi connectivity index (χ0v) is 13.8. The second kappa shape index (κ2) is 5.52. The van der Waals surface area contributed by atoms with Crippen molar-refractivity contribution in [1.29, 1.82) is 0 Å². The Morgan fingerprint density at radius 2 is 2.14 bits per heavy atom. The molecule has 0 bridgehead atoms. The van der Waals surface area contributed by atoms with Crippen molar-refractivity contribution in [2.75, 3.05) is 6.54 Å². The normalized spacial score (nSPS) is 25.8. The molecule has 0 radical (unpaired) electrons. The Kier molecular flexibility index (Phi) is 3.63. The molecule has 1 saturated carbocycles. The van der Waals surface area contributed by atoms with Crippen molar-refractivity contribution in [1.82, 2.24) is 15.1 Å². The predicted molar refractivity (Wildman–Crippen MR) is 86.0 cm³/mol. The van der Waals surface area contributed by atoms with Crippen LogP contribution in [0.25, 0.3) is 11.5 Å². The van der Waals surface area contributed by atoms with Crippen LogP contribution in [0.5, 0.6) is 0 Å². The lowest BCUT2D eigenvalue weighted by Gasteiger charge is -2.47. The summed E-state index contributed by atoms with van der Waals surface area (Å²) in [5, 5.41) is 9.49. The van der Waals surface area contributed by atoms with Gasteiger partial charge in [-0.3, -0.25) is 4.90 Å². The molecule has 1 aromatic heterocycles. The van der Waals surface area contributed by atoms with Gasteiger partial charge in [-0.05, 0) is 43.9 Å². The van der Waals surface area contributed by atoms with E-state index < -0.39 is 0 Å². The van der Waals surface area contributed by atoms with E-state index in [0.29, 0.717) is 27.9 Å². The molecular weight excluding hydrogens is 321 g/mol. The van der Waals surface area contributed by atoms with E-state index in [1.165, 1.54) is 19.3 Å². The van der Waals surface area contributed by atoms with Crippen LogP contribution in [0.15, 0.2) is 22.6 Å². The van der Waals surface area contributed by atoms with Crippen LogP contribution in [0.2, 0.25) is 10.0 Å². The number of hydrogen-bond donors (Lipinski definition) is 0. The van der Waals surface area contributed by atoms with Crippen molar-refractivity contribution in [3.05, 3.63) is 34.1 Å². The quantitative estimate of drug-likeness (QED) is 0.821. The van der Waals surface area contributed by atoms with Gasteiger partial charge in [0.05, 0.1) is 16.6 Å². The van der Waals surface area contributed by atoms with Crippen molar-refractivity contribution in [3.63, 3.8) is 0 Å². The number of aromatic nitrogens is 2. The van der Waals surface area contributed by atoms with Gasteiger partial charge in [0.1, 0.15) is 0 Å². The van der Waals surface area contributed by atoms with E-state index in [2.05, 4.69) is 22.0 Å². The molecule has 2 fully saturated rings. The van der Waals surface area contributed by atoms with E-state index in [-0.39, 0.29) is 6.04 Å². The van der Waals surface area contributed by atoms with Crippen LogP contribution in [-0.2, 0) is 0 Å². The fourth-order valence-electron chi connectivity index (χ4n) is 3.70. The van der Waals surface area contributed by atoms with E-state index in [1.54, 1.807) is 12.1 Å². The minimum atomic E-state index is 0.159. The molecule has 0 spiro atoms. The fraction of sp³-hybridized carbons (Fsp3) is 0.500. The van der Waals surface area contributed by atoms with Crippen LogP contribution in [0.4, 0.5) is 0 Å². The average molecular weight is 338 g/mol. The number of halogens is 2. The molecule has 4 rings (SSSR count). The maximum Gasteiger partial charge on any atom is 0.249 e. The standard InChI is InChI=1S/C16H17Cl2N3O/c1-9(21-8-10-3-2-4-14(10)21)15-19-20-16(22-15)12-6-5-11(17)7-13(12)18/h5-7,9-10,14H,2-4,8H2,1H3. The molecule has 2 aliphatic rings. The lowest BCUT2D eigenvalue weighted by Crippen LogP contribution is -2.53. The molecule has 0 amide bonds. The lowest BCUT2D eigenvalue weighted by molar-refractivity contribution is -0.00658. The number of benzene rings is 1. The van der Waals surface area contributed by atoms with Gasteiger partial charge in [-0.15, -0.1) is 10.2 Å². The maximum absolute atomic E-state index is 6.20. The third kappa shape index (κ3) is 2.34. The van der Waals surface area contributed by atoms with Gasteiger partial charge < -0.3 is 4.42 Å². The molecule has 0 N–H and O–H groups in total. The van der Waals surface area contributed by atoms with E-state index >= 15 is 0 Å².